The van der Waals surface area contributed by atoms with Gasteiger partial charge in [0.05, 0.1) is 14.2 Å². The molecule has 2 bridgehead atoms. The molecule has 2 fully saturated rings. The van der Waals surface area contributed by atoms with Crippen molar-refractivity contribution in [1.82, 2.24) is 5.32 Å². The Bertz CT molecular complexity index is 543. The number of hydrogen-bond donors (Lipinski definition) is 1. The van der Waals surface area contributed by atoms with Crippen molar-refractivity contribution in [3.05, 3.63) is 23.8 Å². The lowest BCUT2D eigenvalue weighted by Crippen LogP contribution is -2.26. The van der Waals surface area contributed by atoms with E-state index in [4.69, 9.17) is 9.47 Å². The Morgan fingerprint density at radius 1 is 1.18 bits per heavy atom. The fourth-order valence-electron chi connectivity index (χ4n) is 4.13. The minimum absolute atomic E-state index is 0.173. The third-order valence-corrected chi connectivity index (χ3v) is 5.27. The molecular weight excluding hydrogens is 278 g/mol. The smallest absolute Gasteiger partial charge is 0.220 e. The van der Waals surface area contributed by atoms with E-state index in [9.17, 15) is 4.79 Å². The number of carbonyl (C=O) groups is 1. The normalized spacial score (nSPS) is 26.0. The fourth-order valence-corrected chi connectivity index (χ4v) is 4.13. The van der Waals surface area contributed by atoms with Gasteiger partial charge in [-0.25, -0.2) is 0 Å². The second-order valence-electron chi connectivity index (χ2n) is 6.61. The standard InChI is InChI=1S/C18H25NO3/c1-21-16-6-4-13(9-17(16)22-2)11-19-18(20)10-15-8-12-3-5-14(15)7-12/h4,6,9,12,14-15H,3,5,7-8,10-11H2,1-2H3,(H,19,20). The molecule has 0 aliphatic heterocycles. The number of carbonyl (C=O) groups excluding carboxylic acids is 1. The molecule has 2 aliphatic carbocycles. The zero-order chi connectivity index (χ0) is 15.5. The largest absolute Gasteiger partial charge is 0.493 e. The Morgan fingerprint density at radius 2 is 2.00 bits per heavy atom. The topological polar surface area (TPSA) is 47.6 Å². The fraction of sp³-hybridized carbons (Fsp3) is 0.611. The summed E-state index contributed by atoms with van der Waals surface area (Å²) >= 11 is 0. The number of fused-ring (bicyclic) bond motifs is 2. The first kappa shape index (κ1) is 15.2. The predicted molar refractivity (Wildman–Crippen MR) is 84.9 cm³/mol. The molecular formula is C18H25NO3. The van der Waals surface area contributed by atoms with Crippen LogP contribution in [0.2, 0.25) is 0 Å². The molecule has 3 rings (SSSR count). The van der Waals surface area contributed by atoms with E-state index in [1.165, 1.54) is 25.7 Å². The highest BCUT2D eigenvalue weighted by molar-refractivity contribution is 5.76. The number of hydrogen-bond acceptors (Lipinski definition) is 3. The van der Waals surface area contributed by atoms with Gasteiger partial charge in [0, 0.05) is 13.0 Å². The maximum Gasteiger partial charge on any atom is 0.220 e. The van der Waals surface area contributed by atoms with Crippen LogP contribution in [-0.2, 0) is 11.3 Å². The van der Waals surface area contributed by atoms with Crippen LogP contribution in [-0.4, -0.2) is 20.1 Å². The van der Waals surface area contributed by atoms with Gasteiger partial charge in [0.1, 0.15) is 0 Å². The summed E-state index contributed by atoms with van der Waals surface area (Å²) in [5.74, 6) is 3.89. The van der Waals surface area contributed by atoms with Crippen molar-refractivity contribution >= 4 is 5.91 Å². The van der Waals surface area contributed by atoms with Gasteiger partial charge in [-0.05, 0) is 54.7 Å². The van der Waals surface area contributed by atoms with Crippen molar-refractivity contribution in [2.24, 2.45) is 17.8 Å². The molecule has 3 unspecified atom stereocenters. The molecule has 22 heavy (non-hydrogen) atoms. The average molecular weight is 303 g/mol. The molecule has 2 saturated carbocycles. The van der Waals surface area contributed by atoms with Crippen molar-refractivity contribution in [2.75, 3.05) is 14.2 Å². The first-order chi connectivity index (χ1) is 10.7. The summed E-state index contributed by atoms with van der Waals surface area (Å²) in [6, 6.07) is 5.74. The van der Waals surface area contributed by atoms with Crippen LogP contribution in [0.4, 0.5) is 0 Å². The highest BCUT2D eigenvalue weighted by atomic mass is 16.5. The van der Waals surface area contributed by atoms with Crippen LogP contribution in [0.15, 0.2) is 18.2 Å². The molecule has 0 saturated heterocycles. The summed E-state index contributed by atoms with van der Waals surface area (Å²) in [6.07, 6.45) is 6.02. The number of rotatable bonds is 6. The van der Waals surface area contributed by atoms with Crippen LogP contribution < -0.4 is 14.8 Å². The first-order valence-electron chi connectivity index (χ1n) is 8.17. The quantitative estimate of drug-likeness (QED) is 0.878. The van der Waals surface area contributed by atoms with Gasteiger partial charge in [-0.2, -0.15) is 0 Å². The maximum absolute atomic E-state index is 12.2. The lowest BCUT2D eigenvalue weighted by Gasteiger charge is -2.21. The molecule has 0 radical (unpaired) electrons. The minimum atomic E-state index is 0.173. The molecule has 4 heteroatoms. The third kappa shape index (κ3) is 3.21. The molecule has 2 aliphatic rings. The lowest BCUT2D eigenvalue weighted by atomic mass is 9.86. The van der Waals surface area contributed by atoms with Crippen LogP contribution in [0, 0.1) is 17.8 Å². The second-order valence-corrected chi connectivity index (χ2v) is 6.61. The Labute approximate surface area is 132 Å². The van der Waals surface area contributed by atoms with Gasteiger partial charge >= 0.3 is 0 Å². The zero-order valence-electron chi connectivity index (χ0n) is 13.4. The number of amides is 1. The molecule has 1 aromatic rings. The number of ether oxygens (including phenoxy) is 2. The Hall–Kier alpha value is -1.71. The third-order valence-electron chi connectivity index (χ3n) is 5.27. The van der Waals surface area contributed by atoms with Crippen LogP contribution in [0.25, 0.3) is 0 Å². The van der Waals surface area contributed by atoms with Gasteiger partial charge in [-0.1, -0.05) is 12.5 Å². The number of benzene rings is 1. The van der Waals surface area contributed by atoms with E-state index in [-0.39, 0.29) is 5.91 Å². The SMILES string of the molecule is COc1ccc(CNC(=O)CC2CC3CCC2C3)cc1OC. The molecule has 1 N–H and O–H groups in total. The van der Waals surface area contributed by atoms with Crippen LogP contribution in [0.1, 0.15) is 37.7 Å². The molecule has 0 spiro atoms. The molecule has 3 atom stereocenters. The molecule has 4 nitrogen and oxygen atoms in total. The van der Waals surface area contributed by atoms with E-state index in [2.05, 4.69) is 5.32 Å². The van der Waals surface area contributed by atoms with Crippen LogP contribution in [0.5, 0.6) is 11.5 Å². The molecule has 1 amide bonds. The minimum Gasteiger partial charge on any atom is -0.493 e. The van der Waals surface area contributed by atoms with Gasteiger partial charge < -0.3 is 14.8 Å². The summed E-state index contributed by atoms with van der Waals surface area (Å²) < 4.78 is 10.5. The highest BCUT2D eigenvalue weighted by Crippen LogP contribution is 2.49. The van der Waals surface area contributed by atoms with Crippen molar-refractivity contribution in [3.8, 4) is 11.5 Å². The Kier molecular flexibility index (Phi) is 4.55. The van der Waals surface area contributed by atoms with Gasteiger partial charge in [-0.15, -0.1) is 0 Å². The number of nitrogens with one attached hydrogen (secondary N) is 1. The zero-order valence-corrected chi connectivity index (χ0v) is 13.4. The summed E-state index contributed by atoms with van der Waals surface area (Å²) in [4.78, 5) is 12.2. The van der Waals surface area contributed by atoms with E-state index in [1.807, 2.05) is 18.2 Å². The van der Waals surface area contributed by atoms with E-state index >= 15 is 0 Å². The van der Waals surface area contributed by atoms with Crippen molar-refractivity contribution in [2.45, 2.75) is 38.6 Å². The van der Waals surface area contributed by atoms with Crippen molar-refractivity contribution in [1.29, 1.82) is 0 Å². The summed E-state index contributed by atoms with van der Waals surface area (Å²) in [7, 11) is 3.24. The van der Waals surface area contributed by atoms with Crippen molar-refractivity contribution < 1.29 is 14.3 Å². The highest BCUT2D eigenvalue weighted by Gasteiger charge is 2.39. The summed E-state index contributed by atoms with van der Waals surface area (Å²) in [5, 5.41) is 3.04. The Balaban J connectivity index is 1.50. The summed E-state index contributed by atoms with van der Waals surface area (Å²) in [5.41, 5.74) is 1.03. The molecule has 1 aromatic carbocycles. The monoisotopic (exact) mass is 303 g/mol. The first-order valence-corrected chi connectivity index (χ1v) is 8.17. The number of methoxy groups -OCH3 is 2. The van der Waals surface area contributed by atoms with Gasteiger partial charge in [0.25, 0.3) is 0 Å². The molecule has 0 aromatic heterocycles. The van der Waals surface area contributed by atoms with Gasteiger partial charge in [-0.3, -0.25) is 4.79 Å². The van der Waals surface area contributed by atoms with Crippen molar-refractivity contribution in [3.63, 3.8) is 0 Å². The van der Waals surface area contributed by atoms with E-state index < -0.39 is 0 Å². The van der Waals surface area contributed by atoms with Crippen LogP contribution >= 0.6 is 0 Å². The molecule has 120 valence electrons. The molecule has 0 heterocycles. The Morgan fingerprint density at radius 3 is 2.64 bits per heavy atom. The predicted octanol–water partition coefficient (Wildman–Crippen LogP) is 3.15. The van der Waals surface area contributed by atoms with Gasteiger partial charge in [0.2, 0.25) is 5.91 Å². The van der Waals surface area contributed by atoms with E-state index in [0.29, 0.717) is 30.4 Å². The average Bonchev–Trinajstić information content (AvgIpc) is 3.15. The lowest BCUT2D eigenvalue weighted by molar-refractivity contribution is -0.122. The maximum atomic E-state index is 12.2. The van der Waals surface area contributed by atoms with E-state index in [0.717, 1.165) is 17.4 Å². The second kappa shape index (κ2) is 6.59. The summed E-state index contributed by atoms with van der Waals surface area (Å²) in [6.45, 7) is 0.542. The van der Waals surface area contributed by atoms with Gasteiger partial charge in [0.15, 0.2) is 11.5 Å². The van der Waals surface area contributed by atoms with Crippen LogP contribution in [0.3, 0.4) is 0 Å². The van der Waals surface area contributed by atoms with E-state index in [1.54, 1.807) is 14.2 Å².